The normalized spacial score (nSPS) is 20.1. The summed E-state index contributed by atoms with van der Waals surface area (Å²) in [4.78, 5) is 25.9. The molecule has 0 N–H and O–H groups in total. The molecule has 0 saturated heterocycles. The van der Waals surface area contributed by atoms with Crippen molar-refractivity contribution in [2.24, 2.45) is 0 Å². The van der Waals surface area contributed by atoms with Crippen molar-refractivity contribution in [3.8, 4) is 0 Å². The molecule has 0 heterocycles. The molecule has 30 heavy (non-hydrogen) atoms. The molecule has 4 heteroatoms. The second-order valence-electron chi connectivity index (χ2n) is 8.62. The third-order valence-electron chi connectivity index (χ3n) is 6.67. The van der Waals surface area contributed by atoms with E-state index >= 15 is 0 Å². The van der Waals surface area contributed by atoms with Crippen molar-refractivity contribution in [3.63, 3.8) is 0 Å². The quantitative estimate of drug-likeness (QED) is 0.476. The highest BCUT2D eigenvalue weighted by Crippen LogP contribution is 2.43. The number of hydrogen-bond acceptors (Lipinski definition) is 4. The van der Waals surface area contributed by atoms with Crippen LogP contribution in [0.1, 0.15) is 75.3 Å². The fraction of sp³-hybridized carbons (Fsp3) is 0.462. The van der Waals surface area contributed by atoms with Crippen molar-refractivity contribution in [3.05, 3.63) is 71.8 Å². The van der Waals surface area contributed by atoms with E-state index in [1.807, 2.05) is 60.7 Å². The standard InChI is InChI=1S/C26H30O4/c27-23(29-25(17-9-3-10-18-25)21-13-5-1-6-14-21)24(28)30-26(19-11-4-12-20-26)22-15-7-2-8-16-22/h1-2,5-8,13-16H,3-4,9-12,17-20H2. The van der Waals surface area contributed by atoms with Gasteiger partial charge in [0.25, 0.3) is 0 Å². The van der Waals surface area contributed by atoms with Crippen LogP contribution in [0.15, 0.2) is 60.7 Å². The summed E-state index contributed by atoms with van der Waals surface area (Å²) in [5.41, 5.74) is 0.451. The van der Waals surface area contributed by atoms with Crippen molar-refractivity contribution in [1.82, 2.24) is 0 Å². The van der Waals surface area contributed by atoms with E-state index < -0.39 is 23.1 Å². The van der Waals surface area contributed by atoms with E-state index in [-0.39, 0.29) is 0 Å². The minimum absolute atomic E-state index is 0.734. The van der Waals surface area contributed by atoms with E-state index in [0.717, 1.165) is 75.3 Å². The van der Waals surface area contributed by atoms with Gasteiger partial charge < -0.3 is 9.47 Å². The predicted octanol–water partition coefficient (Wildman–Crippen LogP) is 5.79. The number of hydrogen-bond donors (Lipinski definition) is 0. The monoisotopic (exact) mass is 406 g/mol. The molecule has 0 aromatic heterocycles. The van der Waals surface area contributed by atoms with Crippen molar-refractivity contribution in [2.75, 3.05) is 0 Å². The van der Waals surface area contributed by atoms with Gasteiger partial charge in [-0.15, -0.1) is 0 Å². The van der Waals surface area contributed by atoms with Gasteiger partial charge in [-0.25, -0.2) is 9.59 Å². The first-order valence-corrected chi connectivity index (χ1v) is 11.2. The van der Waals surface area contributed by atoms with Gasteiger partial charge in [0.1, 0.15) is 11.2 Å². The van der Waals surface area contributed by atoms with Crippen LogP contribution in [-0.2, 0) is 30.3 Å². The Hall–Kier alpha value is -2.62. The fourth-order valence-corrected chi connectivity index (χ4v) is 5.07. The molecule has 2 saturated carbocycles. The highest BCUT2D eigenvalue weighted by Gasteiger charge is 2.43. The van der Waals surface area contributed by atoms with Crippen LogP contribution in [0.25, 0.3) is 0 Å². The summed E-state index contributed by atoms with van der Waals surface area (Å²) in [5, 5.41) is 0. The molecule has 0 radical (unpaired) electrons. The molecule has 0 atom stereocenters. The third kappa shape index (κ3) is 4.28. The molecule has 2 fully saturated rings. The van der Waals surface area contributed by atoms with Gasteiger partial charge in [0.15, 0.2) is 0 Å². The second kappa shape index (κ2) is 9.03. The molecule has 2 aliphatic rings. The minimum atomic E-state index is -0.873. The van der Waals surface area contributed by atoms with Crippen LogP contribution in [0.2, 0.25) is 0 Å². The molecule has 0 amide bonds. The van der Waals surface area contributed by atoms with Crippen LogP contribution in [0.3, 0.4) is 0 Å². The van der Waals surface area contributed by atoms with Crippen molar-refractivity contribution >= 4 is 11.9 Å². The summed E-state index contributed by atoms with van der Waals surface area (Å²) in [6.45, 7) is 0. The van der Waals surface area contributed by atoms with Crippen LogP contribution in [0.4, 0.5) is 0 Å². The van der Waals surface area contributed by atoms with Gasteiger partial charge in [0.2, 0.25) is 0 Å². The molecule has 0 aliphatic heterocycles. The molecule has 0 spiro atoms. The zero-order valence-corrected chi connectivity index (χ0v) is 17.5. The Kier molecular flexibility index (Phi) is 6.21. The summed E-state index contributed by atoms with van der Waals surface area (Å²) < 4.78 is 11.9. The molecule has 2 aliphatic carbocycles. The average molecular weight is 407 g/mol. The lowest BCUT2D eigenvalue weighted by atomic mass is 9.79. The average Bonchev–Trinajstić information content (AvgIpc) is 2.81. The van der Waals surface area contributed by atoms with Gasteiger partial charge in [-0.2, -0.15) is 0 Å². The Labute approximate surface area is 178 Å². The van der Waals surface area contributed by atoms with E-state index in [0.29, 0.717) is 0 Å². The van der Waals surface area contributed by atoms with Crippen molar-refractivity contribution in [1.29, 1.82) is 0 Å². The van der Waals surface area contributed by atoms with Gasteiger partial charge >= 0.3 is 11.9 Å². The number of ether oxygens (including phenoxy) is 2. The van der Waals surface area contributed by atoms with E-state index in [2.05, 4.69) is 0 Å². The third-order valence-corrected chi connectivity index (χ3v) is 6.67. The van der Waals surface area contributed by atoms with Crippen molar-refractivity contribution in [2.45, 2.75) is 75.4 Å². The van der Waals surface area contributed by atoms with E-state index in [1.165, 1.54) is 0 Å². The maximum atomic E-state index is 12.9. The van der Waals surface area contributed by atoms with E-state index in [9.17, 15) is 9.59 Å². The van der Waals surface area contributed by atoms with Crippen LogP contribution in [0, 0.1) is 0 Å². The number of carbonyl (C=O) groups excluding carboxylic acids is 2. The fourth-order valence-electron chi connectivity index (χ4n) is 5.07. The molecule has 2 aromatic carbocycles. The molecule has 158 valence electrons. The maximum absolute atomic E-state index is 12.9. The zero-order valence-electron chi connectivity index (χ0n) is 17.5. The molecule has 0 unspecified atom stereocenters. The lowest BCUT2D eigenvalue weighted by Gasteiger charge is -2.39. The topological polar surface area (TPSA) is 52.6 Å². The van der Waals surface area contributed by atoms with E-state index in [4.69, 9.17) is 9.47 Å². The SMILES string of the molecule is O=C(OC1(c2ccccc2)CCCCC1)C(=O)OC1(c2ccccc2)CCCCC1. The summed E-state index contributed by atoms with van der Waals surface area (Å²) in [6.07, 6.45) is 9.09. The van der Waals surface area contributed by atoms with Gasteiger partial charge in [-0.3, -0.25) is 0 Å². The second-order valence-corrected chi connectivity index (χ2v) is 8.62. The summed E-state index contributed by atoms with van der Waals surface area (Å²) in [5.74, 6) is -1.75. The summed E-state index contributed by atoms with van der Waals surface area (Å²) in [6, 6.07) is 19.6. The first kappa shape index (κ1) is 20.6. The number of carbonyl (C=O) groups is 2. The van der Waals surface area contributed by atoms with Gasteiger partial charge in [0, 0.05) is 0 Å². The Morgan fingerprint density at radius 1 is 0.533 bits per heavy atom. The minimum Gasteiger partial charge on any atom is -0.446 e. The molecule has 4 nitrogen and oxygen atoms in total. The molecular formula is C26H30O4. The lowest BCUT2D eigenvalue weighted by Crippen LogP contribution is -2.41. The zero-order chi connectivity index (χ0) is 20.9. The van der Waals surface area contributed by atoms with Gasteiger partial charge in [0.05, 0.1) is 0 Å². The molecule has 4 rings (SSSR count). The van der Waals surface area contributed by atoms with Crippen molar-refractivity contribution < 1.29 is 19.1 Å². The maximum Gasteiger partial charge on any atom is 0.418 e. The highest BCUT2D eigenvalue weighted by atomic mass is 16.6. The Bertz CT molecular complexity index is 774. The molecule has 0 bridgehead atoms. The number of rotatable bonds is 4. The van der Waals surface area contributed by atoms with Crippen LogP contribution in [-0.4, -0.2) is 11.9 Å². The Morgan fingerprint density at radius 3 is 1.20 bits per heavy atom. The van der Waals surface area contributed by atoms with E-state index in [1.54, 1.807) is 0 Å². The summed E-state index contributed by atoms with van der Waals surface area (Å²) in [7, 11) is 0. The van der Waals surface area contributed by atoms with Crippen LogP contribution in [0.5, 0.6) is 0 Å². The first-order chi connectivity index (χ1) is 14.6. The lowest BCUT2D eigenvalue weighted by molar-refractivity contribution is -0.191. The predicted molar refractivity (Wildman–Crippen MR) is 115 cm³/mol. The smallest absolute Gasteiger partial charge is 0.418 e. The van der Waals surface area contributed by atoms with Crippen LogP contribution >= 0.6 is 0 Å². The number of benzene rings is 2. The summed E-state index contributed by atoms with van der Waals surface area (Å²) >= 11 is 0. The van der Waals surface area contributed by atoms with Gasteiger partial charge in [-0.1, -0.05) is 73.5 Å². The Balaban J connectivity index is 1.54. The first-order valence-electron chi connectivity index (χ1n) is 11.2. The largest absolute Gasteiger partial charge is 0.446 e. The Morgan fingerprint density at radius 2 is 0.867 bits per heavy atom. The van der Waals surface area contributed by atoms with Crippen LogP contribution < -0.4 is 0 Å². The highest BCUT2D eigenvalue weighted by molar-refractivity contribution is 6.29. The van der Waals surface area contributed by atoms with Gasteiger partial charge in [-0.05, 0) is 62.5 Å². The number of esters is 2. The molecule has 2 aromatic rings. The molecular weight excluding hydrogens is 376 g/mol.